The minimum atomic E-state index is 0.170. The van der Waals surface area contributed by atoms with Gasteiger partial charge in [0.2, 0.25) is 0 Å². The third-order valence-corrected chi connectivity index (χ3v) is 3.11. The Hall–Kier alpha value is -1.56. The van der Waals surface area contributed by atoms with Crippen molar-refractivity contribution < 1.29 is 0 Å². The van der Waals surface area contributed by atoms with Crippen LogP contribution in [-0.4, -0.2) is 0 Å². The summed E-state index contributed by atoms with van der Waals surface area (Å²) in [5.41, 5.74) is 3.97. The van der Waals surface area contributed by atoms with Crippen molar-refractivity contribution in [3.05, 3.63) is 59.2 Å². The molecule has 0 saturated heterocycles. The SMILES string of the molecule is CC(C)=[C]c1cccc2c(C(C)(C)C)cccc12. The summed E-state index contributed by atoms with van der Waals surface area (Å²) >= 11 is 0. The Kier molecular flexibility index (Phi) is 3.30. The summed E-state index contributed by atoms with van der Waals surface area (Å²) in [7, 11) is 0. The molecule has 0 amide bonds. The summed E-state index contributed by atoms with van der Waals surface area (Å²) in [6, 6.07) is 13.1. The fourth-order valence-corrected chi connectivity index (χ4v) is 2.34. The summed E-state index contributed by atoms with van der Waals surface area (Å²) in [4.78, 5) is 0. The molecule has 0 aliphatic carbocycles. The van der Waals surface area contributed by atoms with E-state index in [2.05, 4.69) is 77.1 Å². The van der Waals surface area contributed by atoms with Crippen LogP contribution in [0.2, 0.25) is 0 Å². The molecule has 0 spiro atoms. The van der Waals surface area contributed by atoms with Crippen LogP contribution in [0.25, 0.3) is 10.8 Å². The number of allylic oxidation sites excluding steroid dienone is 1. The summed E-state index contributed by atoms with van der Waals surface area (Å²) in [6.07, 6.45) is 3.44. The van der Waals surface area contributed by atoms with Gasteiger partial charge in [-0.25, -0.2) is 0 Å². The molecule has 0 N–H and O–H groups in total. The highest BCUT2D eigenvalue weighted by molar-refractivity contribution is 5.90. The summed E-state index contributed by atoms with van der Waals surface area (Å²) in [5.74, 6) is 0. The summed E-state index contributed by atoms with van der Waals surface area (Å²) in [6.45, 7) is 11.0. The van der Waals surface area contributed by atoms with Gasteiger partial charge in [0, 0.05) is 0 Å². The zero-order valence-corrected chi connectivity index (χ0v) is 12.0. The van der Waals surface area contributed by atoms with Gasteiger partial charge in [0.25, 0.3) is 0 Å². The van der Waals surface area contributed by atoms with Gasteiger partial charge < -0.3 is 0 Å². The third-order valence-electron chi connectivity index (χ3n) is 3.11. The fraction of sp³-hybridized carbons (Fsp3) is 0.333. The van der Waals surface area contributed by atoms with Crippen molar-refractivity contribution in [2.24, 2.45) is 0 Å². The van der Waals surface area contributed by atoms with Gasteiger partial charge in [-0.05, 0) is 47.2 Å². The molecular weight excluding hydrogens is 216 g/mol. The standard InChI is InChI=1S/C18H21/c1-13(2)12-14-8-6-10-16-15(14)9-7-11-17(16)18(3,4)5/h6-11H,1-5H3. The molecule has 2 aromatic rings. The number of hydrogen-bond donors (Lipinski definition) is 0. The normalized spacial score (nSPS) is 11.6. The lowest BCUT2D eigenvalue weighted by Crippen LogP contribution is -2.11. The lowest BCUT2D eigenvalue weighted by atomic mass is 9.83. The van der Waals surface area contributed by atoms with E-state index in [1.54, 1.807) is 0 Å². The highest BCUT2D eigenvalue weighted by Crippen LogP contribution is 2.31. The third kappa shape index (κ3) is 2.48. The Bertz CT molecular complexity index is 591. The van der Waals surface area contributed by atoms with Crippen molar-refractivity contribution in [1.29, 1.82) is 0 Å². The smallest absolute Gasteiger partial charge is 0.00997 e. The molecule has 2 rings (SSSR count). The highest BCUT2D eigenvalue weighted by atomic mass is 14.2. The first-order valence-electron chi connectivity index (χ1n) is 6.49. The minimum Gasteiger partial charge on any atom is -0.0679 e. The van der Waals surface area contributed by atoms with Gasteiger partial charge in [0.05, 0.1) is 0 Å². The Labute approximate surface area is 110 Å². The first-order chi connectivity index (χ1) is 8.39. The van der Waals surface area contributed by atoms with Gasteiger partial charge in [-0.15, -0.1) is 0 Å². The van der Waals surface area contributed by atoms with E-state index in [9.17, 15) is 0 Å². The number of fused-ring (bicyclic) bond motifs is 1. The predicted octanol–water partition coefficient (Wildman–Crippen LogP) is 5.25. The molecule has 0 aromatic heterocycles. The Morgan fingerprint density at radius 1 is 0.889 bits per heavy atom. The molecular formula is C18H21. The van der Waals surface area contributed by atoms with E-state index >= 15 is 0 Å². The molecule has 0 aliphatic rings. The van der Waals surface area contributed by atoms with Crippen molar-refractivity contribution in [3.63, 3.8) is 0 Å². The Balaban J connectivity index is 2.78. The van der Waals surface area contributed by atoms with Crippen LogP contribution in [0.5, 0.6) is 0 Å². The quantitative estimate of drug-likeness (QED) is 0.635. The van der Waals surface area contributed by atoms with Crippen molar-refractivity contribution >= 4 is 10.8 Å². The Morgan fingerprint density at radius 3 is 2.11 bits per heavy atom. The largest absolute Gasteiger partial charge is 0.0679 e. The van der Waals surface area contributed by atoms with E-state index in [1.165, 1.54) is 27.5 Å². The molecule has 0 heteroatoms. The molecule has 0 atom stereocenters. The van der Waals surface area contributed by atoms with Gasteiger partial charge in [-0.3, -0.25) is 0 Å². The maximum atomic E-state index is 3.44. The fourth-order valence-electron chi connectivity index (χ4n) is 2.34. The molecule has 0 nitrogen and oxygen atoms in total. The zero-order chi connectivity index (χ0) is 13.3. The van der Waals surface area contributed by atoms with Crippen LogP contribution >= 0.6 is 0 Å². The van der Waals surface area contributed by atoms with Crippen molar-refractivity contribution in [1.82, 2.24) is 0 Å². The lowest BCUT2D eigenvalue weighted by molar-refractivity contribution is 0.596. The lowest BCUT2D eigenvalue weighted by Gasteiger charge is -2.21. The van der Waals surface area contributed by atoms with Crippen LogP contribution in [0.3, 0.4) is 0 Å². The maximum Gasteiger partial charge on any atom is -0.00997 e. The number of hydrogen-bond acceptors (Lipinski definition) is 0. The van der Waals surface area contributed by atoms with Crippen LogP contribution < -0.4 is 0 Å². The van der Waals surface area contributed by atoms with E-state index in [0.717, 1.165) is 0 Å². The predicted molar refractivity (Wildman–Crippen MR) is 79.9 cm³/mol. The molecule has 18 heavy (non-hydrogen) atoms. The van der Waals surface area contributed by atoms with Gasteiger partial charge in [-0.1, -0.05) is 62.7 Å². The second-order valence-electron chi connectivity index (χ2n) is 6.08. The summed E-state index contributed by atoms with van der Waals surface area (Å²) < 4.78 is 0. The van der Waals surface area contributed by atoms with E-state index in [-0.39, 0.29) is 5.41 Å². The van der Waals surface area contributed by atoms with E-state index in [4.69, 9.17) is 0 Å². The van der Waals surface area contributed by atoms with E-state index in [0.29, 0.717) is 0 Å². The minimum absolute atomic E-state index is 0.170. The summed E-state index contributed by atoms with van der Waals surface area (Å²) in [5, 5.41) is 2.64. The molecule has 0 unspecified atom stereocenters. The second-order valence-corrected chi connectivity index (χ2v) is 6.08. The van der Waals surface area contributed by atoms with Crippen molar-refractivity contribution in [3.8, 4) is 0 Å². The monoisotopic (exact) mass is 237 g/mol. The van der Waals surface area contributed by atoms with Gasteiger partial charge in [-0.2, -0.15) is 0 Å². The molecule has 0 heterocycles. The highest BCUT2D eigenvalue weighted by Gasteiger charge is 2.16. The number of rotatable bonds is 1. The molecule has 2 aromatic carbocycles. The van der Waals surface area contributed by atoms with Crippen LogP contribution in [0, 0.1) is 6.08 Å². The molecule has 0 aliphatic heterocycles. The maximum absolute atomic E-state index is 3.44. The van der Waals surface area contributed by atoms with E-state index < -0.39 is 0 Å². The van der Waals surface area contributed by atoms with Crippen LogP contribution in [0.4, 0.5) is 0 Å². The van der Waals surface area contributed by atoms with Gasteiger partial charge in [0.15, 0.2) is 0 Å². The molecule has 0 fully saturated rings. The van der Waals surface area contributed by atoms with Gasteiger partial charge >= 0.3 is 0 Å². The Morgan fingerprint density at radius 2 is 1.50 bits per heavy atom. The first kappa shape index (κ1) is 12.9. The van der Waals surface area contributed by atoms with Crippen LogP contribution in [0.1, 0.15) is 45.7 Å². The van der Waals surface area contributed by atoms with E-state index in [1.807, 2.05) is 0 Å². The molecule has 1 radical (unpaired) electrons. The average Bonchev–Trinajstić information content (AvgIpc) is 2.26. The molecule has 0 saturated carbocycles. The van der Waals surface area contributed by atoms with Crippen LogP contribution in [0.15, 0.2) is 42.0 Å². The number of benzene rings is 2. The second kappa shape index (κ2) is 4.61. The van der Waals surface area contributed by atoms with Crippen molar-refractivity contribution in [2.45, 2.75) is 40.0 Å². The van der Waals surface area contributed by atoms with Gasteiger partial charge in [0.1, 0.15) is 0 Å². The zero-order valence-electron chi connectivity index (χ0n) is 12.0. The average molecular weight is 237 g/mol. The molecule has 93 valence electrons. The van der Waals surface area contributed by atoms with Crippen LogP contribution in [-0.2, 0) is 5.41 Å². The van der Waals surface area contributed by atoms with Crippen molar-refractivity contribution in [2.75, 3.05) is 0 Å². The first-order valence-corrected chi connectivity index (χ1v) is 6.49. The topological polar surface area (TPSA) is 0 Å². The molecule has 0 bridgehead atoms.